The molecule has 1 atom stereocenters. The molecule has 0 aromatic heterocycles. The minimum Gasteiger partial charge on any atom is -0.497 e. The summed E-state index contributed by atoms with van der Waals surface area (Å²) in [5, 5.41) is 12.7. The first-order valence-electron chi connectivity index (χ1n) is 9.76. The Morgan fingerprint density at radius 2 is 1.96 bits per heavy atom. The van der Waals surface area contributed by atoms with E-state index in [1.54, 1.807) is 14.2 Å². The number of nitrogens with one attached hydrogen (secondary N) is 1. The van der Waals surface area contributed by atoms with Crippen molar-refractivity contribution in [2.75, 3.05) is 41.0 Å². The average molecular weight is 507 g/mol. The van der Waals surface area contributed by atoms with E-state index in [2.05, 4.69) is 31.0 Å². The summed E-state index contributed by atoms with van der Waals surface area (Å²) in [6, 6.07) is 5.86. The van der Waals surface area contributed by atoms with Gasteiger partial charge in [-0.05, 0) is 43.7 Å². The fraction of sp³-hybridized carbons (Fsp3) is 0.667. The molecule has 1 rings (SSSR count). The van der Waals surface area contributed by atoms with Crippen molar-refractivity contribution in [1.29, 1.82) is 0 Å². The van der Waals surface area contributed by atoms with Gasteiger partial charge in [0.05, 0.1) is 14.2 Å². The highest BCUT2D eigenvalue weighted by molar-refractivity contribution is 14.0. The summed E-state index contributed by atoms with van der Waals surface area (Å²) in [7, 11) is 5.34. The highest BCUT2D eigenvalue weighted by Gasteiger charge is 2.14. The van der Waals surface area contributed by atoms with Crippen molar-refractivity contribution >= 4 is 29.9 Å². The zero-order valence-corrected chi connectivity index (χ0v) is 20.5. The molecule has 0 aliphatic heterocycles. The molecule has 6 nitrogen and oxygen atoms in total. The standard InChI is InChI=1S/C21H37N3O3.HI/c1-7-22-21(23-14-17(10-11-25)12-16(2)3)24(4)15-18-8-9-19(26-5)13-20(18)27-6;/h8-9,13,16-17,25H,7,10-12,14-15H2,1-6H3,(H,22,23);1H. The molecule has 0 fully saturated rings. The molecule has 1 unspecified atom stereocenters. The molecule has 7 heteroatoms. The number of methoxy groups -OCH3 is 2. The molecule has 0 amide bonds. The largest absolute Gasteiger partial charge is 0.497 e. The third kappa shape index (κ3) is 9.32. The summed E-state index contributed by atoms with van der Waals surface area (Å²) in [5.74, 6) is 3.43. The van der Waals surface area contributed by atoms with E-state index in [9.17, 15) is 5.11 Å². The molecule has 0 aliphatic carbocycles. The fourth-order valence-electron chi connectivity index (χ4n) is 3.13. The Balaban J connectivity index is 0.00000729. The van der Waals surface area contributed by atoms with Crippen LogP contribution in [0.1, 0.15) is 39.2 Å². The van der Waals surface area contributed by atoms with E-state index in [0.717, 1.165) is 42.4 Å². The Hall–Kier alpha value is -1.22. The molecule has 1 aromatic rings. The lowest BCUT2D eigenvalue weighted by Crippen LogP contribution is -2.39. The van der Waals surface area contributed by atoms with Gasteiger partial charge in [-0.15, -0.1) is 24.0 Å². The minimum absolute atomic E-state index is 0. The van der Waals surface area contributed by atoms with Crippen LogP contribution in [0.2, 0.25) is 0 Å². The van der Waals surface area contributed by atoms with Crippen LogP contribution in [-0.4, -0.2) is 56.9 Å². The van der Waals surface area contributed by atoms with Crippen LogP contribution in [0.15, 0.2) is 23.2 Å². The van der Waals surface area contributed by atoms with Gasteiger partial charge in [-0.25, -0.2) is 0 Å². The molecule has 0 saturated heterocycles. The van der Waals surface area contributed by atoms with Crippen molar-refractivity contribution in [3.8, 4) is 11.5 Å². The van der Waals surface area contributed by atoms with Crippen LogP contribution in [0.3, 0.4) is 0 Å². The Bertz CT molecular complexity index is 582. The quantitative estimate of drug-likeness (QED) is 0.271. The van der Waals surface area contributed by atoms with Gasteiger partial charge in [0.25, 0.3) is 0 Å². The molecule has 0 heterocycles. The number of hydrogen-bond acceptors (Lipinski definition) is 4. The zero-order chi connectivity index (χ0) is 20.2. The van der Waals surface area contributed by atoms with E-state index in [1.807, 2.05) is 25.2 Å². The van der Waals surface area contributed by atoms with Crippen molar-refractivity contribution in [1.82, 2.24) is 10.2 Å². The van der Waals surface area contributed by atoms with E-state index in [1.165, 1.54) is 0 Å². The highest BCUT2D eigenvalue weighted by atomic mass is 127. The lowest BCUT2D eigenvalue weighted by Gasteiger charge is -2.24. The predicted octanol–water partition coefficient (Wildman–Crippen LogP) is 3.76. The lowest BCUT2D eigenvalue weighted by atomic mass is 9.94. The fourth-order valence-corrected chi connectivity index (χ4v) is 3.13. The van der Waals surface area contributed by atoms with E-state index in [-0.39, 0.29) is 30.6 Å². The number of benzene rings is 1. The second-order valence-electron chi connectivity index (χ2n) is 7.24. The molecule has 2 N–H and O–H groups in total. The third-order valence-corrected chi connectivity index (χ3v) is 4.44. The van der Waals surface area contributed by atoms with Crippen LogP contribution >= 0.6 is 24.0 Å². The van der Waals surface area contributed by atoms with Gasteiger partial charge in [-0.2, -0.15) is 0 Å². The van der Waals surface area contributed by atoms with Gasteiger partial charge in [0.15, 0.2) is 5.96 Å². The summed E-state index contributed by atoms with van der Waals surface area (Å²) in [5.41, 5.74) is 1.07. The van der Waals surface area contributed by atoms with E-state index >= 15 is 0 Å². The maximum Gasteiger partial charge on any atom is 0.193 e. The van der Waals surface area contributed by atoms with Crippen LogP contribution in [0, 0.1) is 11.8 Å². The van der Waals surface area contributed by atoms with Gasteiger partial charge in [-0.3, -0.25) is 4.99 Å². The van der Waals surface area contributed by atoms with E-state index in [4.69, 9.17) is 14.5 Å². The van der Waals surface area contributed by atoms with Gasteiger partial charge < -0.3 is 24.8 Å². The monoisotopic (exact) mass is 507 g/mol. The summed E-state index contributed by atoms with van der Waals surface area (Å²) in [6.45, 7) is 8.89. The Labute approximate surface area is 187 Å². The second kappa shape index (κ2) is 14.7. The minimum atomic E-state index is 0. The maximum atomic E-state index is 9.32. The van der Waals surface area contributed by atoms with Crippen molar-refractivity contribution in [2.45, 2.75) is 40.2 Å². The van der Waals surface area contributed by atoms with Gasteiger partial charge in [0.2, 0.25) is 0 Å². The second-order valence-corrected chi connectivity index (χ2v) is 7.24. The third-order valence-electron chi connectivity index (χ3n) is 4.44. The van der Waals surface area contributed by atoms with E-state index in [0.29, 0.717) is 24.9 Å². The molecular weight excluding hydrogens is 469 g/mol. The van der Waals surface area contributed by atoms with Gasteiger partial charge in [0.1, 0.15) is 11.5 Å². The molecular formula is C21H38IN3O3. The number of nitrogens with zero attached hydrogens (tertiary/aromatic N) is 2. The zero-order valence-electron chi connectivity index (χ0n) is 18.2. The number of aliphatic hydroxyl groups is 1. The van der Waals surface area contributed by atoms with Gasteiger partial charge in [0, 0.05) is 44.9 Å². The summed E-state index contributed by atoms with van der Waals surface area (Å²) < 4.78 is 10.8. The molecule has 0 spiro atoms. The normalized spacial score (nSPS) is 12.4. The number of rotatable bonds is 11. The number of aliphatic imine (C=N–C) groups is 1. The Morgan fingerprint density at radius 3 is 2.50 bits per heavy atom. The topological polar surface area (TPSA) is 66.3 Å². The smallest absolute Gasteiger partial charge is 0.193 e. The Morgan fingerprint density at radius 1 is 1.25 bits per heavy atom. The lowest BCUT2D eigenvalue weighted by molar-refractivity contribution is 0.245. The molecule has 162 valence electrons. The number of guanidine groups is 1. The molecule has 0 radical (unpaired) electrons. The van der Waals surface area contributed by atoms with Gasteiger partial charge >= 0.3 is 0 Å². The number of hydrogen-bond donors (Lipinski definition) is 2. The first-order chi connectivity index (χ1) is 12.9. The summed E-state index contributed by atoms with van der Waals surface area (Å²) in [6.07, 6.45) is 1.86. The van der Waals surface area contributed by atoms with Crippen molar-refractivity contribution in [3.63, 3.8) is 0 Å². The van der Waals surface area contributed by atoms with E-state index < -0.39 is 0 Å². The summed E-state index contributed by atoms with van der Waals surface area (Å²) in [4.78, 5) is 6.92. The number of ether oxygens (including phenoxy) is 2. The van der Waals surface area contributed by atoms with Gasteiger partial charge in [-0.1, -0.05) is 13.8 Å². The summed E-state index contributed by atoms with van der Waals surface area (Å²) >= 11 is 0. The number of aliphatic hydroxyl groups excluding tert-OH is 1. The molecule has 0 aliphatic rings. The molecule has 1 aromatic carbocycles. The highest BCUT2D eigenvalue weighted by Crippen LogP contribution is 2.25. The first kappa shape index (κ1) is 26.8. The Kier molecular flexibility index (Phi) is 14.1. The maximum absolute atomic E-state index is 9.32. The number of halogens is 1. The molecule has 28 heavy (non-hydrogen) atoms. The SMILES string of the molecule is CCNC(=NCC(CCO)CC(C)C)N(C)Cc1ccc(OC)cc1OC.I. The van der Waals surface area contributed by atoms with Crippen molar-refractivity contribution in [2.24, 2.45) is 16.8 Å². The molecule has 0 saturated carbocycles. The van der Waals surface area contributed by atoms with Crippen molar-refractivity contribution < 1.29 is 14.6 Å². The van der Waals surface area contributed by atoms with Crippen LogP contribution < -0.4 is 14.8 Å². The van der Waals surface area contributed by atoms with Crippen LogP contribution in [0.25, 0.3) is 0 Å². The first-order valence-corrected chi connectivity index (χ1v) is 9.76. The van der Waals surface area contributed by atoms with Crippen LogP contribution in [-0.2, 0) is 6.54 Å². The van der Waals surface area contributed by atoms with Crippen molar-refractivity contribution in [3.05, 3.63) is 23.8 Å². The van der Waals surface area contributed by atoms with Crippen LogP contribution in [0.5, 0.6) is 11.5 Å². The average Bonchev–Trinajstić information content (AvgIpc) is 2.64. The molecule has 0 bridgehead atoms. The van der Waals surface area contributed by atoms with Crippen LogP contribution in [0.4, 0.5) is 0 Å². The predicted molar refractivity (Wildman–Crippen MR) is 127 cm³/mol.